The summed E-state index contributed by atoms with van der Waals surface area (Å²) in [5, 5.41) is 11.0. The normalized spacial score (nSPS) is 12.6. The first-order chi connectivity index (χ1) is 21.0. The van der Waals surface area contributed by atoms with E-state index in [2.05, 4.69) is 67.8 Å². The van der Waals surface area contributed by atoms with Crippen LogP contribution in [-0.4, -0.2) is 35.6 Å². The van der Waals surface area contributed by atoms with Crippen LogP contribution in [0.4, 0.5) is 0 Å². The fraction of sp³-hybridized carbons (Fsp3) is 0.703. The lowest BCUT2D eigenvalue weighted by atomic mass is 10.0. The quantitative estimate of drug-likeness (QED) is 0.0485. The number of hydrogen-bond donors (Lipinski definition) is 2. The molecule has 0 aromatic carbocycles. The Hall–Kier alpha value is -2.63. The molecule has 1 unspecified atom stereocenters. The van der Waals surface area contributed by atoms with Gasteiger partial charge < -0.3 is 15.2 Å². The zero-order valence-electron chi connectivity index (χ0n) is 27.5. The summed E-state index contributed by atoms with van der Waals surface area (Å²) in [5.41, 5.74) is 0. The fourth-order valence-electron chi connectivity index (χ4n) is 4.74. The number of carbonyl (C=O) groups excluding carboxylic acids is 2. The van der Waals surface area contributed by atoms with Crippen LogP contribution in [0.5, 0.6) is 0 Å². The van der Waals surface area contributed by atoms with E-state index in [4.69, 9.17) is 9.84 Å². The Bertz CT molecular complexity index is 799. The van der Waals surface area contributed by atoms with E-state index in [1.54, 1.807) is 0 Å². The van der Waals surface area contributed by atoms with Crippen LogP contribution in [0.25, 0.3) is 0 Å². The van der Waals surface area contributed by atoms with Gasteiger partial charge in [-0.15, -0.1) is 0 Å². The van der Waals surface area contributed by atoms with Gasteiger partial charge in [0.1, 0.15) is 12.6 Å². The molecule has 0 saturated heterocycles. The second-order valence-electron chi connectivity index (χ2n) is 11.4. The number of carboxylic acids is 1. The number of nitrogens with one attached hydrogen (secondary N) is 1. The average Bonchev–Trinajstić information content (AvgIpc) is 2.99. The minimum Gasteiger partial charge on any atom is -0.480 e. The van der Waals surface area contributed by atoms with Gasteiger partial charge in [-0.25, -0.2) is 0 Å². The highest BCUT2D eigenvalue weighted by molar-refractivity contribution is 5.80. The lowest BCUT2D eigenvalue weighted by Crippen LogP contribution is -2.28. The van der Waals surface area contributed by atoms with E-state index in [-0.39, 0.29) is 24.5 Å². The summed E-state index contributed by atoms with van der Waals surface area (Å²) in [6.45, 7) is 4.04. The summed E-state index contributed by atoms with van der Waals surface area (Å²) in [6, 6.07) is 0. The molecule has 0 heterocycles. The Labute approximate surface area is 263 Å². The van der Waals surface area contributed by atoms with E-state index in [0.29, 0.717) is 12.8 Å². The largest absolute Gasteiger partial charge is 0.480 e. The Morgan fingerprint density at radius 1 is 0.628 bits per heavy atom. The summed E-state index contributed by atoms with van der Waals surface area (Å²) >= 11 is 0. The summed E-state index contributed by atoms with van der Waals surface area (Å²) in [5.74, 6) is -1.30. The molecule has 0 radical (unpaired) electrons. The topological polar surface area (TPSA) is 92.7 Å². The maximum Gasteiger partial charge on any atom is 0.322 e. The van der Waals surface area contributed by atoms with Gasteiger partial charge in [0, 0.05) is 12.8 Å². The highest BCUT2D eigenvalue weighted by Gasteiger charge is 2.14. The summed E-state index contributed by atoms with van der Waals surface area (Å²) in [4.78, 5) is 34.7. The number of aliphatic carboxylic acids is 1. The summed E-state index contributed by atoms with van der Waals surface area (Å²) < 4.78 is 5.90. The Balaban J connectivity index is 4.03. The van der Waals surface area contributed by atoms with E-state index < -0.39 is 5.97 Å². The number of esters is 1. The molecule has 0 aliphatic carbocycles. The van der Waals surface area contributed by atoms with Crippen molar-refractivity contribution in [3.63, 3.8) is 0 Å². The van der Waals surface area contributed by atoms with Crippen molar-refractivity contribution in [1.29, 1.82) is 0 Å². The van der Waals surface area contributed by atoms with Gasteiger partial charge in [-0.2, -0.15) is 0 Å². The first kappa shape index (κ1) is 40.4. The lowest BCUT2D eigenvalue weighted by molar-refractivity contribution is -0.150. The van der Waals surface area contributed by atoms with Gasteiger partial charge >= 0.3 is 11.9 Å². The number of amides is 1. The van der Waals surface area contributed by atoms with Crippen molar-refractivity contribution in [2.24, 2.45) is 0 Å². The highest BCUT2D eigenvalue weighted by atomic mass is 16.5. The zero-order chi connectivity index (χ0) is 31.6. The molecule has 0 spiro atoms. The van der Waals surface area contributed by atoms with Crippen LogP contribution in [0.3, 0.4) is 0 Å². The SMILES string of the molecule is CC/C=C\C/C=C\C/C=C\C/C=C\CCCCCCC(=O)OC(CCCCCCC)CCCCCCC(=O)NCC(=O)O. The second-order valence-corrected chi connectivity index (χ2v) is 11.4. The smallest absolute Gasteiger partial charge is 0.322 e. The molecule has 6 heteroatoms. The van der Waals surface area contributed by atoms with E-state index in [1.165, 1.54) is 25.7 Å². The van der Waals surface area contributed by atoms with Crippen LogP contribution in [-0.2, 0) is 19.1 Å². The monoisotopic (exact) mass is 601 g/mol. The molecule has 1 amide bonds. The molecule has 0 aromatic rings. The molecular formula is C37H63NO5. The number of rotatable bonds is 30. The molecule has 0 fully saturated rings. The van der Waals surface area contributed by atoms with E-state index in [9.17, 15) is 14.4 Å². The van der Waals surface area contributed by atoms with E-state index in [0.717, 1.165) is 103 Å². The zero-order valence-corrected chi connectivity index (χ0v) is 27.5. The maximum atomic E-state index is 12.5. The average molecular weight is 602 g/mol. The third kappa shape index (κ3) is 32.1. The number of hydrogen-bond acceptors (Lipinski definition) is 4. The van der Waals surface area contributed by atoms with Crippen molar-refractivity contribution < 1.29 is 24.2 Å². The molecule has 0 aromatic heterocycles. The fourth-order valence-corrected chi connectivity index (χ4v) is 4.74. The third-order valence-electron chi connectivity index (χ3n) is 7.27. The van der Waals surface area contributed by atoms with Gasteiger partial charge in [-0.3, -0.25) is 14.4 Å². The minimum atomic E-state index is -1.03. The molecule has 0 aliphatic rings. The summed E-state index contributed by atoms with van der Waals surface area (Å²) in [7, 11) is 0. The van der Waals surface area contributed by atoms with Crippen molar-refractivity contribution >= 4 is 17.8 Å². The number of allylic oxidation sites excluding steroid dienone is 8. The van der Waals surface area contributed by atoms with Crippen LogP contribution in [0, 0.1) is 0 Å². The second kappa shape index (κ2) is 32.3. The predicted molar refractivity (Wildman–Crippen MR) is 180 cm³/mol. The van der Waals surface area contributed by atoms with Crippen molar-refractivity contribution in [2.45, 2.75) is 161 Å². The summed E-state index contributed by atoms with van der Waals surface area (Å²) in [6.07, 6.45) is 39.5. The van der Waals surface area contributed by atoms with Gasteiger partial charge in [0.05, 0.1) is 0 Å². The van der Waals surface area contributed by atoms with Gasteiger partial charge in [-0.1, -0.05) is 114 Å². The number of unbranched alkanes of at least 4 members (excludes halogenated alkanes) is 11. The molecule has 1 atom stereocenters. The molecular weight excluding hydrogens is 538 g/mol. The molecule has 43 heavy (non-hydrogen) atoms. The molecule has 0 saturated carbocycles. The van der Waals surface area contributed by atoms with E-state index in [1.807, 2.05) is 0 Å². The third-order valence-corrected chi connectivity index (χ3v) is 7.27. The first-order valence-corrected chi connectivity index (χ1v) is 17.3. The van der Waals surface area contributed by atoms with E-state index >= 15 is 0 Å². The molecule has 246 valence electrons. The highest BCUT2D eigenvalue weighted by Crippen LogP contribution is 2.18. The van der Waals surface area contributed by atoms with Crippen LogP contribution in [0.1, 0.15) is 155 Å². The Morgan fingerprint density at radius 2 is 1.14 bits per heavy atom. The van der Waals surface area contributed by atoms with Crippen molar-refractivity contribution in [3.8, 4) is 0 Å². The maximum absolute atomic E-state index is 12.5. The van der Waals surface area contributed by atoms with Crippen LogP contribution < -0.4 is 5.32 Å². The predicted octanol–water partition coefficient (Wildman–Crippen LogP) is 9.95. The van der Waals surface area contributed by atoms with Gasteiger partial charge in [-0.05, 0) is 77.0 Å². The Kier molecular flexibility index (Phi) is 30.3. The minimum absolute atomic E-state index is 0.00819. The number of carboxylic acid groups (broad SMARTS) is 1. The standard InChI is InChI=1S/C37H63NO5/c1-3-5-7-9-10-11-12-13-14-15-16-17-18-19-20-22-28-32-37(42)43-34(29-25-21-8-6-4-2)30-26-23-24-27-31-35(39)38-33-36(40)41/h5,7,10-11,13-14,16-17,34H,3-4,6,8-9,12,15,18-33H2,1-2H3,(H,38,39)(H,40,41)/b7-5-,11-10-,14-13-,17-16-. The van der Waals surface area contributed by atoms with Crippen LogP contribution >= 0.6 is 0 Å². The molecule has 2 N–H and O–H groups in total. The molecule has 0 aliphatic heterocycles. The molecule has 0 bridgehead atoms. The first-order valence-electron chi connectivity index (χ1n) is 17.3. The Morgan fingerprint density at radius 3 is 1.72 bits per heavy atom. The number of carbonyl (C=O) groups is 3. The van der Waals surface area contributed by atoms with Gasteiger partial charge in [0.15, 0.2) is 0 Å². The van der Waals surface area contributed by atoms with Crippen LogP contribution in [0.15, 0.2) is 48.6 Å². The van der Waals surface area contributed by atoms with Gasteiger partial charge in [0.2, 0.25) is 5.91 Å². The molecule has 6 nitrogen and oxygen atoms in total. The van der Waals surface area contributed by atoms with Crippen molar-refractivity contribution in [2.75, 3.05) is 6.54 Å². The van der Waals surface area contributed by atoms with Gasteiger partial charge in [0.25, 0.3) is 0 Å². The van der Waals surface area contributed by atoms with Crippen molar-refractivity contribution in [3.05, 3.63) is 48.6 Å². The lowest BCUT2D eigenvalue weighted by Gasteiger charge is -2.18. The number of ether oxygens (including phenoxy) is 1. The van der Waals surface area contributed by atoms with Crippen LogP contribution in [0.2, 0.25) is 0 Å². The van der Waals surface area contributed by atoms with Crippen molar-refractivity contribution in [1.82, 2.24) is 5.32 Å². The molecule has 0 rings (SSSR count).